The fourth-order valence-electron chi connectivity index (χ4n) is 2.31. The Morgan fingerprint density at radius 1 is 1.27 bits per heavy atom. The van der Waals surface area contributed by atoms with Crippen LogP contribution in [0, 0.1) is 0 Å². The third kappa shape index (κ3) is 1.50. The Labute approximate surface area is 97.2 Å². The topological polar surface area (TPSA) is 27.8 Å². The van der Waals surface area contributed by atoms with E-state index < -0.39 is 0 Å². The molecule has 1 unspecified atom stereocenters. The van der Waals surface area contributed by atoms with Crippen LogP contribution in [0.1, 0.15) is 18.0 Å². The van der Waals surface area contributed by atoms with Crippen LogP contribution in [0.4, 0.5) is 0 Å². The van der Waals surface area contributed by atoms with E-state index in [1.165, 1.54) is 27.5 Å². The summed E-state index contributed by atoms with van der Waals surface area (Å²) in [5.41, 5.74) is 2.58. The lowest BCUT2D eigenvalue weighted by atomic mass is 10.1. The van der Waals surface area contributed by atoms with Gasteiger partial charge in [-0.1, -0.05) is 18.2 Å². The molecule has 2 N–H and O–H groups in total. The van der Waals surface area contributed by atoms with Crippen LogP contribution < -0.4 is 5.32 Å². The number of hydrogen-bond acceptors (Lipinski definition) is 1. The van der Waals surface area contributed by atoms with Crippen molar-refractivity contribution in [1.82, 2.24) is 10.3 Å². The highest BCUT2D eigenvalue weighted by atomic mass is 79.9. The van der Waals surface area contributed by atoms with Gasteiger partial charge in [-0.25, -0.2) is 0 Å². The molecular formula is C12H13BrN2. The summed E-state index contributed by atoms with van der Waals surface area (Å²) >= 11 is 3.70. The van der Waals surface area contributed by atoms with Crippen molar-refractivity contribution >= 4 is 26.8 Å². The number of aromatic nitrogens is 1. The minimum atomic E-state index is 0.631. The maximum Gasteiger partial charge on any atom is 0.0467 e. The zero-order valence-electron chi connectivity index (χ0n) is 8.39. The first-order valence-electron chi connectivity index (χ1n) is 5.33. The molecule has 1 aliphatic rings. The van der Waals surface area contributed by atoms with Crippen molar-refractivity contribution in [2.75, 3.05) is 13.1 Å². The molecular weight excluding hydrogens is 252 g/mol. The van der Waals surface area contributed by atoms with Crippen LogP contribution in [0.25, 0.3) is 10.9 Å². The zero-order valence-corrected chi connectivity index (χ0v) is 9.97. The molecule has 0 bridgehead atoms. The standard InChI is InChI=1S/C12H13BrN2/c13-11-9-3-1-2-4-10(9)15-12(11)8-5-6-14-7-8/h1-4,8,14-15H,5-7H2. The number of nitrogens with one attached hydrogen (secondary N) is 2. The van der Waals surface area contributed by atoms with E-state index in [0.29, 0.717) is 5.92 Å². The highest BCUT2D eigenvalue weighted by Gasteiger charge is 2.21. The molecule has 1 atom stereocenters. The molecule has 2 nitrogen and oxygen atoms in total. The van der Waals surface area contributed by atoms with Gasteiger partial charge in [0.25, 0.3) is 0 Å². The second kappa shape index (κ2) is 3.65. The number of halogens is 1. The van der Waals surface area contributed by atoms with Crippen LogP contribution in [-0.2, 0) is 0 Å². The minimum Gasteiger partial charge on any atom is -0.357 e. The van der Waals surface area contributed by atoms with Gasteiger partial charge in [0.2, 0.25) is 0 Å². The summed E-state index contributed by atoms with van der Waals surface area (Å²) in [4.78, 5) is 3.52. The van der Waals surface area contributed by atoms with Crippen LogP contribution in [0.2, 0.25) is 0 Å². The molecule has 0 spiro atoms. The first kappa shape index (κ1) is 9.43. The average Bonchev–Trinajstić information content (AvgIpc) is 2.87. The Hall–Kier alpha value is -0.800. The Kier molecular flexibility index (Phi) is 2.29. The summed E-state index contributed by atoms with van der Waals surface area (Å²) in [7, 11) is 0. The Bertz CT molecular complexity index is 483. The number of H-pyrrole nitrogens is 1. The molecule has 3 heteroatoms. The number of hydrogen-bond donors (Lipinski definition) is 2. The van der Waals surface area contributed by atoms with Gasteiger partial charge in [0.15, 0.2) is 0 Å². The van der Waals surface area contributed by atoms with E-state index in [0.717, 1.165) is 13.1 Å². The number of rotatable bonds is 1. The Balaban J connectivity index is 2.14. The third-order valence-corrected chi connectivity index (χ3v) is 3.99. The fraction of sp³-hybridized carbons (Fsp3) is 0.333. The third-order valence-electron chi connectivity index (χ3n) is 3.14. The Morgan fingerprint density at radius 2 is 2.13 bits per heavy atom. The highest BCUT2D eigenvalue weighted by Crippen LogP contribution is 2.34. The van der Waals surface area contributed by atoms with Gasteiger partial charge < -0.3 is 10.3 Å². The van der Waals surface area contributed by atoms with Gasteiger partial charge in [-0.3, -0.25) is 0 Å². The van der Waals surface area contributed by atoms with Gasteiger partial charge in [-0.2, -0.15) is 0 Å². The van der Waals surface area contributed by atoms with Gasteiger partial charge in [0.05, 0.1) is 0 Å². The first-order chi connectivity index (χ1) is 7.36. The van der Waals surface area contributed by atoms with Crippen LogP contribution in [0.5, 0.6) is 0 Å². The van der Waals surface area contributed by atoms with Gasteiger partial charge in [-0.15, -0.1) is 0 Å². The number of para-hydroxylation sites is 1. The van der Waals surface area contributed by atoms with Crippen molar-refractivity contribution in [3.63, 3.8) is 0 Å². The number of benzene rings is 1. The average molecular weight is 265 g/mol. The number of fused-ring (bicyclic) bond motifs is 1. The summed E-state index contributed by atoms with van der Waals surface area (Å²) in [6.45, 7) is 2.22. The van der Waals surface area contributed by atoms with Crippen molar-refractivity contribution in [3.05, 3.63) is 34.4 Å². The molecule has 0 saturated carbocycles. The zero-order chi connectivity index (χ0) is 10.3. The van der Waals surface area contributed by atoms with Crippen LogP contribution in [0.15, 0.2) is 28.7 Å². The van der Waals surface area contributed by atoms with Crippen molar-refractivity contribution in [2.24, 2.45) is 0 Å². The maximum atomic E-state index is 3.70. The quantitative estimate of drug-likeness (QED) is 0.815. The number of aromatic amines is 1. The molecule has 0 aliphatic carbocycles. The predicted molar refractivity (Wildman–Crippen MR) is 66.2 cm³/mol. The summed E-state index contributed by atoms with van der Waals surface area (Å²) in [5.74, 6) is 0.631. The summed E-state index contributed by atoms with van der Waals surface area (Å²) < 4.78 is 1.24. The van der Waals surface area contributed by atoms with Crippen LogP contribution in [-0.4, -0.2) is 18.1 Å². The lowest BCUT2D eigenvalue weighted by Crippen LogP contribution is -2.08. The van der Waals surface area contributed by atoms with Crippen molar-refractivity contribution in [2.45, 2.75) is 12.3 Å². The van der Waals surface area contributed by atoms with Crippen molar-refractivity contribution in [3.8, 4) is 0 Å². The fourth-order valence-corrected chi connectivity index (χ4v) is 3.08. The van der Waals surface area contributed by atoms with Crippen LogP contribution >= 0.6 is 15.9 Å². The molecule has 1 aliphatic heterocycles. The van der Waals surface area contributed by atoms with E-state index in [2.05, 4.69) is 50.5 Å². The van der Waals surface area contributed by atoms with E-state index in [1.807, 2.05) is 0 Å². The maximum absolute atomic E-state index is 3.70. The van der Waals surface area contributed by atoms with Gasteiger partial charge in [0, 0.05) is 33.5 Å². The molecule has 0 amide bonds. The molecule has 15 heavy (non-hydrogen) atoms. The van der Waals surface area contributed by atoms with Crippen LogP contribution in [0.3, 0.4) is 0 Å². The van der Waals surface area contributed by atoms with Crippen molar-refractivity contribution < 1.29 is 0 Å². The summed E-state index contributed by atoms with van der Waals surface area (Å²) in [5, 5.41) is 4.69. The molecule has 0 radical (unpaired) electrons. The largest absolute Gasteiger partial charge is 0.357 e. The molecule has 3 rings (SSSR count). The molecule has 1 aromatic carbocycles. The molecule has 1 fully saturated rings. The second-order valence-corrected chi connectivity index (χ2v) is 4.88. The predicted octanol–water partition coefficient (Wildman–Crippen LogP) is 3.01. The van der Waals surface area contributed by atoms with Gasteiger partial charge in [0.1, 0.15) is 0 Å². The molecule has 78 valence electrons. The minimum absolute atomic E-state index is 0.631. The lowest BCUT2D eigenvalue weighted by molar-refractivity contribution is 0.740. The first-order valence-corrected chi connectivity index (χ1v) is 6.12. The smallest absolute Gasteiger partial charge is 0.0467 e. The van der Waals surface area contributed by atoms with E-state index in [-0.39, 0.29) is 0 Å². The van der Waals surface area contributed by atoms with E-state index in [4.69, 9.17) is 0 Å². The van der Waals surface area contributed by atoms with E-state index in [9.17, 15) is 0 Å². The second-order valence-electron chi connectivity index (χ2n) is 4.09. The van der Waals surface area contributed by atoms with Gasteiger partial charge in [-0.05, 0) is 35.0 Å². The van der Waals surface area contributed by atoms with E-state index >= 15 is 0 Å². The molecule has 1 aromatic heterocycles. The highest BCUT2D eigenvalue weighted by molar-refractivity contribution is 9.10. The summed E-state index contributed by atoms with van der Waals surface area (Å²) in [6, 6.07) is 8.44. The molecule has 1 saturated heterocycles. The summed E-state index contributed by atoms with van der Waals surface area (Å²) in [6.07, 6.45) is 1.23. The monoisotopic (exact) mass is 264 g/mol. The van der Waals surface area contributed by atoms with E-state index in [1.54, 1.807) is 0 Å². The Morgan fingerprint density at radius 3 is 2.87 bits per heavy atom. The van der Waals surface area contributed by atoms with Gasteiger partial charge >= 0.3 is 0 Å². The SMILES string of the molecule is Brc1c(C2CCNC2)[nH]c2ccccc12. The molecule has 2 aromatic rings. The normalized spacial score (nSPS) is 21.3. The van der Waals surface area contributed by atoms with Crippen molar-refractivity contribution in [1.29, 1.82) is 0 Å². The molecule has 2 heterocycles. The lowest BCUT2D eigenvalue weighted by Gasteiger charge is -2.05.